The van der Waals surface area contributed by atoms with Crippen molar-refractivity contribution in [2.45, 2.75) is 26.8 Å². The number of ether oxygens (including phenoxy) is 1. The molecule has 0 bridgehead atoms. The van der Waals surface area contributed by atoms with Gasteiger partial charge in [0.15, 0.2) is 0 Å². The number of fused-ring (bicyclic) bond motifs is 2. The molecule has 4 heterocycles. The zero-order valence-electron chi connectivity index (χ0n) is 18.2. The van der Waals surface area contributed by atoms with Crippen molar-refractivity contribution in [3.63, 3.8) is 0 Å². The van der Waals surface area contributed by atoms with Gasteiger partial charge in [-0.1, -0.05) is 11.1 Å². The highest BCUT2D eigenvalue weighted by atomic mass is 16.5. The average molecular weight is 426 g/mol. The van der Waals surface area contributed by atoms with Gasteiger partial charge < -0.3 is 15.8 Å². The lowest BCUT2D eigenvalue weighted by atomic mass is 10.1. The van der Waals surface area contributed by atoms with Crippen LogP contribution in [0.25, 0.3) is 16.7 Å². The number of morpholine rings is 1. The average Bonchev–Trinajstić information content (AvgIpc) is 2.75. The van der Waals surface area contributed by atoms with Crippen LogP contribution in [-0.4, -0.2) is 59.6 Å². The quantitative estimate of drug-likeness (QED) is 0.460. The van der Waals surface area contributed by atoms with Crippen LogP contribution in [0.5, 0.6) is 0 Å². The van der Waals surface area contributed by atoms with Crippen LogP contribution < -0.4 is 21.2 Å². The van der Waals surface area contributed by atoms with E-state index in [9.17, 15) is 9.59 Å². The van der Waals surface area contributed by atoms with Crippen LogP contribution in [0.1, 0.15) is 35.8 Å². The van der Waals surface area contributed by atoms with Crippen LogP contribution in [0.15, 0.2) is 29.2 Å². The van der Waals surface area contributed by atoms with Crippen molar-refractivity contribution < 1.29 is 14.1 Å². The molecule has 0 spiro atoms. The number of nitrogens with two attached hydrogens (primary N) is 1. The molecule has 31 heavy (non-hydrogen) atoms. The number of rotatable bonds is 5. The van der Waals surface area contributed by atoms with Gasteiger partial charge >= 0.3 is 0 Å². The highest BCUT2D eigenvalue weighted by Crippen LogP contribution is 2.17. The van der Waals surface area contributed by atoms with Gasteiger partial charge in [0.2, 0.25) is 11.5 Å². The minimum Gasteiger partial charge on any atom is -0.379 e. The third-order valence-electron chi connectivity index (χ3n) is 5.69. The van der Waals surface area contributed by atoms with Crippen molar-refractivity contribution in [1.29, 1.82) is 0 Å². The van der Waals surface area contributed by atoms with E-state index in [4.69, 9.17) is 15.5 Å². The number of pyridine rings is 2. The van der Waals surface area contributed by atoms with Crippen LogP contribution in [0.2, 0.25) is 0 Å². The molecule has 0 aliphatic carbocycles. The highest BCUT2D eigenvalue weighted by Gasteiger charge is 2.26. The molecule has 0 unspecified atom stereocenters. The lowest BCUT2D eigenvalue weighted by Crippen LogP contribution is -2.45. The molecule has 1 saturated heterocycles. The van der Waals surface area contributed by atoms with Crippen molar-refractivity contribution in [1.82, 2.24) is 19.6 Å². The number of hydrogen-bond acceptors (Lipinski definition) is 6. The topological polar surface area (TPSA) is 106 Å². The van der Waals surface area contributed by atoms with Crippen molar-refractivity contribution in [2.75, 3.05) is 45.1 Å². The van der Waals surface area contributed by atoms with Gasteiger partial charge in [0.25, 0.3) is 17.1 Å². The predicted octanol–water partition coefficient (Wildman–Crippen LogP) is 0.669. The summed E-state index contributed by atoms with van der Waals surface area (Å²) in [4.78, 5) is 33.2. The van der Waals surface area contributed by atoms with Crippen LogP contribution in [0.4, 0.5) is 5.82 Å². The minimum absolute atomic E-state index is 0.0815. The third-order valence-corrected chi connectivity index (χ3v) is 5.69. The standard InChI is InChI=1S/C22H28N6O3/c1-14(2)28-18(23)16(21(29)24-6-8-26-9-11-31-12-10-26)13-17-20(28)25-19-15(3)5-4-7-27(19)22(17)30/h4-5,7,13-14,23H,6,8-12H2,1-3H3,(H,24,29)/p+1. The summed E-state index contributed by atoms with van der Waals surface area (Å²) in [5.41, 5.74) is 8.44. The molecule has 1 aliphatic rings. The molecule has 1 fully saturated rings. The fourth-order valence-corrected chi connectivity index (χ4v) is 4.02. The molecule has 4 rings (SSSR count). The number of carbonyl (C=O) groups is 1. The number of hydrogen-bond donors (Lipinski definition) is 2. The Labute approximate surface area is 180 Å². The highest BCUT2D eigenvalue weighted by molar-refractivity contribution is 6.00. The van der Waals surface area contributed by atoms with Gasteiger partial charge in [-0.3, -0.25) is 18.9 Å². The van der Waals surface area contributed by atoms with E-state index in [-0.39, 0.29) is 23.1 Å². The second-order valence-electron chi connectivity index (χ2n) is 8.16. The number of carbonyl (C=O) groups excluding carboxylic acids is 1. The number of nitrogens with one attached hydrogen (secondary N) is 1. The van der Waals surface area contributed by atoms with Crippen molar-refractivity contribution in [2.24, 2.45) is 0 Å². The number of nitrogens with zero attached hydrogens (tertiary/aromatic N) is 4. The maximum absolute atomic E-state index is 13.2. The Morgan fingerprint density at radius 1 is 1.35 bits per heavy atom. The molecular formula is C22H29N6O3+. The van der Waals surface area contributed by atoms with Crippen LogP contribution in [0.3, 0.4) is 0 Å². The van der Waals surface area contributed by atoms with Crippen molar-refractivity contribution >= 4 is 28.4 Å². The first-order chi connectivity index (χ1) is 14.9. The van der Waals surface area contributed by atoms with Crippen molar-refractivity contribution in [3.8, 4) is 0 Å². The van der Waals surface area contributed by atoms with Gasteiger partial charge in [0.1, 0.15) is 10.9 Å². The summed E-state index contributed by atoms with van der Waals surface area (Å²) in [6.45, 7) is 10.2. The first-order valence-corrected chi connectivity index (χ1v) is 10.6. The fraction of sp³-hybridized carbons (Fsp3) is 0.455. The molecule has 9 heteroatoms. The van der Waals surface area contributed by atoms with Crippen LogP contribution in [0, 0.1) is 6.92 Å². The number of nitrogen functional groups attached to an aromatic ring is 1. The Balaban J connectivity index is 1.74. The monoisotopic (exact) mass is 425 g/mol. The van der Waals surface area contributed by atoms with Gasteiger partial charge in [-0.05, 0) is 32.9 Å². The number of amides is 1. The smallest absolute Gasteiger partial charge is 0.278 e. The molecule has 1 aliphatic heterocycles. The zero-order valence-corrected chi connectivity index (χ0v) is 18.2. The van der Waals surface area contributed by atoms with Gasteiger partial charge in [-0.2, -0.15) is 0 Å². The summed E-state index contributed by atoms with van der Waals surface area (Å²) in [6.07, 6.45) is 1.69. The maximum Gasteiger partial charge on any atom is 0.278 e. The molecule has 3 aromatic rings. The summed E-state index contributed by atoms with van der Waals surface area (Å²) in [6, 6.07) is 5.21. The zero-order chi connectivity index (χ0) is 22.1. The van der Waals surface area contributed by atoms with E-state index >= 15 is 0 Å². The Morgan fingerprint density at radius 2 is 2.10 bits per heavy atom. The number of aryl methyl sites for hydroxylation is 1. The molecule has 0 radical (unpaired) electrons. The van der Waals surface area contributed by atoms with E-state index < -0.39 is 0 Å². The van der Waals surface area contributed by atoms with Gasteiger partial charge in [0, 0.05) is 37.9 Å². The van der Waals surface area contributed by atoms with E-state index in [1.54, 1.807) is 16.8 Å². The summed E-state index contributed by atoms with van der Waals surface area (Å²) in [5.74, 6) is 0.00649. The SMILES string of the molecule is Cc1cccn2c(=O)c3cc(C(=O)NCCN4CCOCC4)c(N)[n+](C(C)C)c3nc12. The van der Waals surface area contributed by atoms with E-state index in [1.807, 2.05) is 32.9 Å². The first-order valence-electron chi connectivity index (χ1n) is 10.6. The Morgan fingerprint density at radius 3 is 2.81 bits per heavy atom. The summed E-state index contributed by atoms with van der Waals surface area (Å²) in [7, 11) is 0. The van der Waals surface area contributed by atoms with E-state index in [1.165, 1.54) is 4.40 Å². The first kappa shape index (κ1) is 21.2. The Hall–Kier alpha value is -3.04. The third kappa shape index (κ3) is 3.98. The maximum atomic E-state index is 13.2. The lowest BCUT2D eigenvalue weighted by Gasteiger charge is -2.26. The van der Waals surface area contributed by atoms with E-state index in [0.29, 0.717) is 42.3 Å². The molecule has 0 atom stereocenters. The van der Waals surface area contributed by atoms with E-state index in [2.05, 4.69) is 10.2 Å². The van der Waals surface area contributed by atoms with Gasteiger partial charge in [-0.15, -0.1) is 0 Å². The summed E-state index contributed by atoms with van der Waals surface area (Å²) < 4.78 is 8.63. The number of anilines is 1. The second-order valence-corrected chi connectivity index (χ2v) is 8.16. The molecule has 9 nitrogen and oxygen atoms in total. The Kier molecular flexibility index (Phi) is 5.88. The largest absolute Gasteiger partial charge is 0.379 e. The summed E-state index contributed by atoms with van der Waals surface area (Å²) >= 11 is 0. The van der Waals surface area contributed by atoms with Crippen LogP contribution >= 0.6 is 0 Å². The molecule has 164 valence electrons. The Bertz CT molecular complexity index is 1200. The van der Waals surface area contributed by atoms with Crippen molar-refractivity contribution in [3.05, 3.63) is 45.9 Å². The molecule has 3 N–H and O–H groups in total. The molecule has 0 saturated carbocycles. The van der Waals surface area contributed by atoms with Gasteiger partial charge in [0.05, 0.1) is 19.3 Å². The second kappa shape index (κ2) is 8.60. The minimum atomic E-state index is -0.296. The molecule has 1 amide bonds. The lowest BCUT2D eigenvalue weighted by molar-refractivity contribution is -0.679. The molecular weight excluding hydrogens is 396 g/mol. The summed E-state index contributed by atoms with van der Waals surface area (Å²) in [5, 5.41) is 3.30. The normalized spacial score (nSPS) is 15.1. The van der Waals surface area contributed by atoms with Crippen LogP contribution in [-0.2, 0) is 4.74 Å². The van der Waals surface area contributed by atoms with E-state index in [0.717, 1.165) is 25.2 Å². The predicted molar refractivity (Wildman–Crippen MR) is 118 cm³/mol. The molecule has 0 aromatic carbocycles. The molecule has 3 aromatic heterocycles. The van der Waals surface area contributed by atoms with Gasteiger partial charge in [-0.25, -0.2) is 4.57 Å². The fourth-order valence-electron chi connectivity index (χ4n) is 4.02. The number of aromatic nitrogens is 3.